The van der Waals surface area contributed by atoms with Crippen molar-refractivity contribution in [3.63, 3.8) is 0 Å². The van der Waals surface area contributed by atoms with E-state index < -0.39 is 0 Å². The zero-order chi connectivity index (χ0) is 17.6. The quantitative estimate of drug-likeness (QED) is 0.417. The van der Waals surface area contributed by atoms with E-state index in [9.17, 15) is 0 Å². The molecule has 5 nitrogen and oxygen atoms in total. The summed E-state index contributed by atoms with van der Waals surface area (Å²) in [5, 5.41) is 3.57. The van der Waals surface area contributed by atoms with E-state index in [0.29, 0.717) is 0 Å². The summed E-state index contributed by atoms with van der Waals surface area (Å²) >= 11 is 0. The molecule has 0 spiro atoms. The molecule has 0 bridgehead atoms. The minimum absolute atomic E-state index is 0. The number of benzene rings is 1. The van der Waals surface area contributed by atoms with Crippen LogP contribution in [0.3, 0.4) is 0 Å². The first-order valence-corrected chi connectivity index (χ1v) is 8.69. The number of aryl methyl sites for hydroxylation is 1. The van der Waals surface area contributed by atoms with Crippen molar-refractivity contribution in [1.82, 2.24) is 15.1 Å². The number of nitrogens with one attached hydrogen (secondary N) is 1. The molecule has 1 aromatic carbocycles. The molecule has 0 amide bonds. The van der Waals surface area contributed by atoms with Gasteiger partial charge in [0, 0.05) is 45.9 Å². The SMILES string of the molecule is CN=C(NCC1(N(C)C)CCOCC1)N(C)Cc1ccc(C)cc1.I. The molecule has 6 heteroatoms. The van der Waals surface area contributed by atoms with Crippen LogP contribution in [0.5, 0.6) is 0 Å². The number of guanidine groups is 1. The predicted molar refractivity (Wildman–Crippen MR) is 116 cm³/mol. The van der Waals surface area contributed by atoms with Gasteiger partial charge in [-0.2, -0.15) is 0 Å². The number of rotatable bonds is 5. The maximum atomic E-state index is 5.55. The largest absolute Gasteiger partial charge is 0.381 e. The standard InChI is InChI=1S/C19H32N4O.HI/c1-16-6-8-17(9-7-16)14-23(5)18(20-2)21-15-19(22(3)4)10-12-24-13-11-19;/h6-9H,10-15H2,1-5H3,(H,20,21);1H. The van der Waals surface area contributed by atoms with E-state index in [4.69, 9.17) is 4.74 Å². The first-order valence-electron chi connectivity index (χ1n) is 8.69. The van der Waals surface area contributed by atoms with Gasteiger partial charge >= 0.3 is 0 Å². The first kappa shape index (κ1) is 22.2. The van der Waals surface area contributed by atoms with E-state index >= 15 is 0 Å². The Hall–Kier alpha value is -0.860. The van der Waals surface area contributed by atoms with Crippen LogP contribution in [0.25, 0.3) is 0 Å². The molecule has 1 aliphatic rings. The summed E-state index contributed by atoms with van der Waals surface area (Å²) in [4.78, 5) is 8.96. The van der Waals surface area contributed by atoms with Crippen LogP contribution in [0, 0.1) is 6.92 Å². The number of nitrogens with zero attached hydrogens (tertiary/aromatic N) is 3. The molecule has 142 valence electrons. The molecule has 1 aromatic rings. The van der Waals surface area contributed by atoms with Crippen molar-refractivity contribution in [3.8, 4) is 0 Å². The number of aliphatic imine (C=N–C) groups is 1. The zero-order valence-corrected chi connectivity index (χ0v) is 18.5. The molecule has 0 radical (unpaired) electrons. The van der Waals surface area contributed by atoms with E-state index in [0.717, 1.165) is 45.1 Å². The van der Waals surface area contributed by atoms with Crippen LogP contribution in [-0.4, -0.2) is 69.2 Å². The second kappa shape index (κ2) is 10.3. The fraction of sp³-hybridized carbons (Fsp3) is 0.632. The molecule has 0 unspecified atom stereocenters. The lowest BCUT2D eigenvalue weighted by Crippen LogP contribution is -2.57. The van der Waals surface area contributed by atoms with Crippen LogP contribution in [0.15, 0.2) is 29.3 Å². The van der Waals surface area contributed by atoms with Gasteiger partial charge < -0.3 is 19.9 Å². The third kappa shape index (κ3) is 6.11. The van der Waals surface area contributed by atoms with Crippen molar-refractivity contribution in [2.45, 2.75) is 31.8 Å². The fourth-order valence-electron chi connectivity index (χ4n) is 3.20. The Labute approximate surface area is 169 Å². The van der Waals surface area contributed by atoms with E-state index in [-0.39, 0.29) is 29.5 Å². The Balaban J connectivity index is 0.00000312. The summed E-state index contributed by atoms with van der Waals surface area (Å²) in [6, 6.07) is 8.67. The first-order chi connectivity index (χ1) is 11.5. The molecule has 1 fully saturated rings. The van der Waals surface area contributed by atoms with Crippen LogP contribution < -0.4 is 5.32 Å². The van der Waals surface area contributed by atoms with E-state index in [1.165, 1.54) is 11.1 Å². The summed E-state index contributed by atoms with van der Waals surface area (Å²) in [5.74, 6) is 0.934. The van der Waals surface area contributed by atoms with Crippen LogP contribution >= 0.6 is 24.0 Å². The van der Waals surface area contributed by atoms with Crippen LogP contribution in [0.4, 0.5) is 0 Å². The van der Waals surface area contributed by atoms with Gasteiger partial charge in [0.2, 0.25) is 0 Å². The van der Waals surface area contributed by atoms with Gasteiger partial charge in [-0.05, 0) is 39.4 Å². The van der Waals surface area contributed by atoms with Crippen LogP contribution in [0.1, 0.15) is 24.0 Å². The van der Waals surface area contributed by atoms with Gasteiger partial charge in [0.15, 0.2) is 5.96 Å². The van der Waals surface area contributed by atoms with Crippen molar-refractivity contribution in [2.75, 3.05) is 47.9 Å². The van der Waals surface area contributed by atoms with Crippen molar-refractivity contribution < 1.29 is 4.74 Å². The number of ether oxygens (including phenoxy) is 1. The molecule has 1 saturated heterocycles. The molecule has 1 N–H and O–H groups in total. The van der Waals surface area contributed by atoms with Crippen LogP contribution in [-0.2, 0) is 11.3 Å². The van der Waals surface area contributed by atoms with Gasteiger partial charge in [-0.25, -0.2) is 0 Å². The molecule has 0 aromatic heterocycles. The maximum absolute atomic E-state index is 5.55. The Kier molecular flexibility index (Phi) is 9.16. The van der Waals surface area contributed by atoms with Crippen molar-refractivity contribution in [2.24, 2.45) is 4.99 Å². The highest BCUT2D eigenvalue weighted by Crippen LogP contribution is 2.25. The molecule has 2 rings (SSSR count). The second-order valence-corrected chi connectivity index (χ2v) is 6.97. The summed E-state index contributed by atoms with van der Waals surface area (Å²) < 4.78 is 5.55. The second-order valence-electron chi connectivity index (χ2n) is 6.97. The summed E-state index contributed by atoms with van der Waals surface area (Å²) in [5.41, 5.74) is 2.72. The number of likely N-dealkylation sites (N-methyl/N-ethyl adjacent to an activating group) is 1. The third-order valence-corrected chi connectivity index (χ3v) is 5.06. The Bertz CT molecular complexity index is 539. The van der Waals surface area contributed by atoms with Crippen LogP contribution in [0.2, 0.25) is 0 Å². The highest BCUT2D eigenvalue weighted by atomic mass is 127. The Morgan fingerprint density at radius 2 is 1.76 bits per heavy atom. The maximum Gasteiger partial charge on any atom is 0.193 e. The fourth-order valence-corrected chi connectivity index (χ4v) is 3.20. The third-order valence-electron chi connectivity index (χ3n) is 5.06. The summed E-state index contributed by atoms with van der Waals surface area (Å²) in [6.07, 6.45) is 2.09. The lowest BCUT2D eigenvalue weighted by atomic mass is 9.88. The molecule has 0 saturated carbocycles. The minimum Gasteiger partial charge on any atom is -0.381 e. The molecular weight excluding hydrogens is 427 g/mol. The van der Waals surface area contributed by atoms with Gasteiger partial charge in [0.25, 0.3) is 0 Å². The normalized spacial score (nSPS) is 17.1. The average Bonchev–Trinajstić information content (AvgIpc) is 2.58. The van der Waals surface area contributed by atoms with E-state index in [2.05, 4.69) is 72.4 Å². The van der Waals surface area contributed by atoms with Gasteiger partial charge in [0.1, 0.15) is 0 Å². The molecule has 25 heavy (non-hydrogen) atoms. The van der Waals surface area contributed by atoms with Crippen molar-refractivity contribution >= 4 is 29.9 Å². The summed E-state index contributed by atoms with van der Waals surface area (Å²) in [6.45, 7) is 5.50. The molecule has 1 heterocycles. The topological polar surface area (TPSA) is 40.1 Å². The van der Waals surface area contributed by atoms with Crippen molar-refractivity contribution in [3.05, 3.63) is 35.4 Å². The van der Waals surface area contributed by atoms with E-state index in [1.54, 1.807) is 0 Å². The van der Waals surface area contributed by atoms with Gasteiger partial charge in [-0.15, -0.1) is 24.0 Å². The monoisotopic (exact) mass is 460 g/mol. The Morgan fingerprint density at radius 1 is 1.16 bits per heavy atom. The molecule has 0 atom stereocenters. The number of hydrogen-bond acceptors (Lipinski definition) is 3. The van der Waals surface area contributed by atoms with Gasteiger partial charge in [0.05, 0.1) is 0 Å². The lowest BCUT2D eigenvalue weighted by molar-refractivity contribution is -0.00522. The highest BCUT2D eigenvalue weighted by molar-refractivity contribution is 14.0. The van der Waals surface area contributed by atoms with Gasteiger partial charge in [-0.3, -0.25) is 4.99 Å². The summed E-state index contributed by atoms with van der Waals surface area (Å²) in [7, 11) is 8.25. The van der Waals surface area contributed by atoms with Crippen molar-refractivity contribution in [1.29, 1.82) is 0 Å². The predicted octanol–water partition coefficient (Wildman–Crippen LogP) is 2.73. The smallest absolute Gasteiger partial charge is 0.193 e. The molecule has 1 aliphatic heterocycles. The highest BCUT2D eigenvalue weighted by Gasteiger charge is 2.35. The lowest BCUT2D eigenvalue weighted by Gasteiger charge is -2.43. The number of hydrogen-bond donors (Lipinski definition) is 1. The van der Waals surface area contributed by atoms with E-state index in [1.807, 2.05) is 7.05 Å². The molecular formula is C19H33IN4O. The van der Waals surface area contributed by atoms with Gasteiger partial charge in [-0.1, -0.05) is 29.8 Å². The zero-order valence-electron chi connectivity index (χ0n) is 16.2. The molecule has 0 aliphatic carbocycles. The Morgan fingerprint density at radius 3 is 2.28 bits per heavy atom. The average molecular weight is 460 g/mol. The minimum atomic E-state index is 0. The number of halogens is 1.